The molecule has 0 heterocycles. The van der Waals surface area contributed by atoms with Crippen LogP contribution in [0.3, 0.4) is 0 Å². The fraction of sp³-hybridized carbons (Fsp3) is 0.652. The number of benzene rings is 1. The second-order valence-corrected chi connectivity index (χ2v) is 7.42. The fourth-order valence-corrected chi connectivity index (χ4v) is 3.55. The lowest BCUT2D eigenvalue weighted by Gasteiger charge is -2.23. The molecule has 1 rings (SSSR count). The molecule has 0 aliphatic rings. The molecule has 3 atom stereocenters. The maximum atomic E-state index is 2.44. The van der Waals surface area contributed by atoms with Crippen molar-refractivity contribution < 1.29 is 0 Å². The zero-order valence-electron chi connectivity index (χ0n) is 16.4. The molecule has 0 fully saturated rings. The molecule has 0 heteroatoms. The van der Waals surface area contributed by atoms with Crippen molar-refractivity contribution in [3.05, 3.63) is 47.0 Å². The molecule has 0 aliphatic heterocycles. The largest absolute Gasteiger partial charge is 0.0784 e. The Morgan fingerprint density at radius 3 is 2.09 bits per heavy atom. The topological polar surface area (TPSA) is 0 Å². The van der Waals surface area contributed by atoms with Crippen LogP contribution >= 0.6 is 0 Å². The van der Waals surface area contributed by atoms with Crippen LogP contribution < -0.4 is 0 Å². The molecule has 0 N–H and O–H groups in total. The van der Waals surface area contributed by atoms with Crippen molar-refractivity contribution in [1.82, 2.24) is 0 Å². The summed E-state index contributed by atoms with van der Waals surface area (Å²) in [6, 6.07) is 9.41. The first-order valence-electron chi connectivity index (χ1n) is 9.77. The molecule has 0 spiro atoms. The van der Waals surface area contributed by atoms with Crippen LogP contribution in [0.4, 0.5) is 0 Å². The van der Waals surface area contributed by atoms with Gasteiger partial charge in [-0.1, -0.05) is 96.2 Å². The predicted molar refractivity (Wildman–Crippen MR) is 105 cm³/mol. The lowest BCUT2D eigenvalue weighted by Crippen LogP contribution is -2.14. The minimum Gasteiger partial charge on any atom is -0.0784 e. The summed E-state index contributed by atoms with van der Waals surface area (Å²) in [5.41, 5.74) is 4.44. The van der Waals surface area contributed by atoms with Crippen LogP contribution in [0.2, 0.25) is 0 Å². The van der Waals surface area contributed by atoms with Gasteiger partial charge in [0.2, 0.25) is 0 Å². The number of rotatable bonds is 10. The molecule has 0 amide bonds. The molecule has 0 saturated heterocycles. The highest BCUT2D eigenvalue weighted by Gasteiger charge is 2.16. The highest BCUT2D eigenvalue weighted by Crippen LogP contribution is 2.27. The van der Waals surface area contributed by atoms with E-state index in [1.54, 1.807) is 0 Å². The van der Waals surface area contributed by atoms with Crippen LogP contribution in [0.15, 0.2) is 35.9 Å². The lowest BCUT2D eigenvalue weighted by molar-refractivity contribution is 0.311. The van der Waals surface area contributed by atoms with Crippen molar-refractivity contribution in [2.75, 3.05) is 0 Å². The molecule has 1 aromatic carbocycles. The van der Waals surface area contributed by atoms with E-state index in [1.807, 2.05) is 0 Å². The molecule has 0 aromatic heterocycles. The third kappa shape index (κ3) is 6.94. The van der Waals surface area contributed by atoms with Crippen LogP contribution in [0, 0.1) is 11.8 Å². The maximum Gasteiger partial charge on any atom is -0.000787 e. The average Bonchev–Trinajstić information content (AvgIpc) is 2.55. The molecule has 2 unspecified atom stereocenters. The maximum absolute atomic E-state index is 2.44. The van der Waals surface area contributed by atoms with Gasteiger partial charge in [-0.3, -0.25) is 0 Å². The Balaban J connectivity index is 2.74. The molecular weight excluding hydrogens is 276 g/mol. The number of hydrogen-bond acceptors (Lipinski definition) is 0. The fourth-order valence-electron chi connectivity index (χ4n) is 3.55. The van der Waals surface area contributed by atoms with Gasteiger partial charge in [-0.25, -0.2) is 0 Å². The van der Waals surface area contributed by atoms with Crippen molar-refractivity contribution in [3.8, 4) is 0 Å². The monoisotopic (exact) mass is 314 g/mol. The molecule has 0 aliphatic carbocycles. The summed E-state index contributed by atoms with van der Waals surface area (Å²) >= 11 is 0. The SMILES string of the molecule is CCCC(C)[C@H](CCC)Cc1ccc(C(C)/C=C(/C)CC)cc1. The van der Waals surface area contributed by atoms with E-state index in [2.05, 4.69) is 71.9 Å². The van der Waals surface area contributed by atoms with Gasteiger partial charge in [0.1, 0.15) is 0 Å². The van der Waals surface area contributed by atoms with Gasteiger partial charge in [-0.05, 0) is 48.6 Å². The summed E-state index contributed by atoms with van der Waals surface area (Å²) in [6.45, 7) is 13.8. The van der Waals surface area contributed by atoms with Crippen LogP contribution in [-0.2, 0) is 6.42 Å². The van der Waals surface area contributed by atoms with Gasteiger partial charge in [0.15, 0.2) is 0 Å². The first kappa shape index (κ1) is 20.0. The number of hydrogen-bond donors (Lipinski definition) is 0. The van der Waals surface area contributed by atoms with Gasteiger partial charge in [-0.2, -0.15) is 0 Å². The van der Waals surface area contributed by atoms with E-state index >= 15 is 0 Å². The predicted octanol–water partition coefficient (Wildman–Crippen LogP) is 7.54. The van der Waals surface area contributed by atoms with Crippen LogP contribution in [-0.4, -0.2) is 0 Å². The van der Waals surface area contributed by atoms with E-state index in [0.29, 0.717) is 5.92 Å². The van der Waals surface area contributed by atoms with E-state index in [0.717, 1.165) is 18.3 Å². The summed E-state index contributed by atoms with van der Waals surface area (Å²) in [4.78, 5) is 0. The van der Waals surface area contributed by atoms with Crippen molar-refractivity contribution in [2.45, 2.75) is 86.0 Å². The van der Waals surface area contributed by atoms with Crippen LogP contribution in [0.5, 0.6) is 0 Å². The Labute approximate surface area is 145 Å². The Kier molecular flexibility index (Phi) is 9.29. The lowest BCUT2D eigenvalue weighted by atomic mass is 9.82. The van der Waals surface area contributed by atoms with E-state index < -0.39 is 0 Å². The van der Waals surface area contributed by atoms with E-state index in [4.69, 9.17) is 0 Å². The third-order valence-electron chi connectivity index (χ3n) is 5.30. The highest BCUT2D eigenvalue weighted by atomic mass is 14.2. The zero-order valence-corrected chi connectivity index (χ0v) is 16.4. The molecule has 0 bridgehead atoms. The summed E-state index contributed by atoms with van der Waals surface area (Å²) in [7, 11) is 0. The minimum absolute atomic E-state index is 0.523. The second kappa shape index (κ2) is 10.7. The van der Waals surface area contributed by atoms with E-state index in [1.165, 1.54) is 48.8 Å². The average molecular weight is 315 g/mol. The van der Waals surface area contributed by atoms with Crippen molar-refractivity contribution in [2.24, 2.45) is 11.8 Å². The Hall–Kier alpha value is -1.04. The van der Waals surface area contributed by atoms with Crippen molar-refractivity contribution >= 4 is 0 Å². The minimum atomic E-state index is 0.523. The first-order valence-corrected chi connectivity index (χ1v) is 9.77. The van der Waals surface area contributed by atoms with Gasteiger partial charge >= 0.3 is 0 Å². The Bertz CT molecular complexity index is 451. The van der Waals surface area contributed by atoms with Gasteiger partial charge < -0.3 is 0 Å². The van der Waals surface area contributed by atoms with E-state index in [9.17, 15) is 0 Å². The Morgan fingerprint density at radius 2 is 1.57 bits per heavy atom. The summed E-state index contributed by atoms with van der Waals surface area (Å²) in [6.07, 6.45) is 10.1. The molecule has 130 valence electrons. The molecule has 0 nitrogen and oxygen atoms in total. The van der Waals surface area contributed by atoms with Gasteiger partial charge in [0, 0.05) is 0 Å². The second-order valence-electron chi connectivity index (χ2n) is 7.42. The van der Waals surface area contributed by atoms with Crippen molar-refractivity contribution in [1.29, 1.82) is 0 Å². The first-order chi connectivity index (χ1) is 11.0. The summed E-state index contributed by atoms with van der Waals surface area (Å²) in [5, 5.41) is 0. The van der Waals surface area contributed by atoms with Crippen LogP contribution in [0.1, 0.15) is 90.7 Å². The molecule has 1 aromatic rings. The Morgan fingerprint density at radius 1 is 0.957 bits per heavy atom. The highest BCUT2D eigenvalue weighted by molar-refractivity contribution is 5.28. The summed E-state index contributed by atoms with van der Waals surface area (Å²) < 4.78 is 0. The zero-order chi connectivity index (χ0) is 17.2. The smallest absolute Gasteiger partial charge is 0.000787 e. The normalized spacial score (nSPS) is 16.2. The van der Waals surface area contributed by atoms with Crippen molar-refractivity contribution in [3.63, 3.8) is 0 Å². The standard InChI is InChI=1S/C23H38/c1-7-10-19(5)23(11-8-2)17-21-12-14-22(15-13-21)20(6)16-18(4)9-3/h12-16,19-20,23H,7-11,17H2,1-6H3/b18-16-/t19?,20?,23-/m1/s1. The molecule has 0 radical (unpaired) electrons. The van der Waals surface area contributed by atoms with Crippen LogP contribution in [0.25, 0.3) is 0 Å². The third-order valence-corrected chi connectivity index (χ3v) is 5.30. The quantitative estimate of drug-likeness (QED) is 0.391. The molecular formula is C23H38. The van der Waals surface area contributed by atoms with E-state index in [-0.39, 0.29) is 0 Å². The van der Waals surface area contributed by atoms with Gasteiger partial charge in [-0.15, -0.1) is 0 Å². The molecule has 0 saturated carbocycles. The molecule has 23 heavy (non-hydrogen) atoms. The van der Waals surface area contributed by atoms with Gasteiger partial charge in [0.25, 0.3) is 0 Å². The van der Waals surface area contributed by atoms with Gasteiger partial charge in [0.05, 0.1) is 0 Å². The number of allylic oxidation sites excluding steroid dienone is 2. The summed E-state index contributed by atoms with van der Waals surface area (Å²) in [5.74, 6) is 2.20.